The highest BCUT2D eigenvalue weighted by Crippen LogP contribution is 2.15. The Bertz CT molecular complexity index is 677. The minimum atomic E-state index is -0.710. The molecule has 4 nitrogen and oxygen atoms in total. The number of carbonyl (C=O) groups excluding carboxylic acids is 1. The molecule has 0 aromatic carbocycles. The molecule has 0 heterocycles. The first-order valence-corrected chi connectivity index (χ1v) is 21.1. The van der Waals surface area contributed by atoms with Crippen LogP contribution in [-0.4, -0.2) is 29.7 Å². The Morgan fingerprint density at radius 3 is 1.19 bits per heavy atom. The lowest BCUT2D eigenvalue weighted by atomic mass is 10.0. The molecule has 278 valence electrons. The van der Waals surface area contributed by atoms with E-state index in [-0.39, 0.29) is 12.5 Å². The van der Waals surface area contributed by atoms with Crippen LogP contribution in [0.15, 0.2) is 24.3 Å². The lowest BCUT2D eigenvalue weighted by molar-refractivity contribution is -0.122. The van der Waals surface area contributed by atoms with Crippen molar-refractivity contribution in [1.29, 1.82) is 0 Å². The average Bonchev–Trinajstić information content (AvgIpc) is 3.07. The van der Waals surface area contributed by atoms with Crippen LogP contribution in [0.2, 0.25) is 0 Å². The van der Waals surface area contributed by atoms with Gasteiger partial charge in [0.2, 0.25) is 5.91 Å². The van der Waals surface area contributed by atoms with Gasteiger partial charge in [0.1, 0.15) is 0 Å². The van der Waals surface area contributed by atoms with E-state index in [0.717, 1.165) is 25.7 Å². The van der Waals surface area contributed by atoms with Gasteiger partial charge in [0, 0.05) is 13.0 Å². The largest absolute Gasteiger partial charge is 0.387 e. The van der Waals surface area contributed by atoms with E-state index in [0.29, 0.717) is 6.42 Å². The third kappa shape index (κ3) is 36.0. The van der Waals surface area contributed by atoms with E-state index in [1.54, 1.807) is 0 Å². The van der Waals surface area contributed by atoms with Gasteiger partial charge in [-0.15, -0.1) is 0 Å². The summed E-state index contributed by atoms with van der Waals surface area (Å²) in [6.07, 6.45) is 50.6. The number of nitrogens with two attached hydrogens (primary N) is 1. The van der Waals surface area contributed by atoms with Crippen LogP contribution in [0.3, 0.4) is 0 Å². The molecule has 0 bridgehead atoms. The molecule has 1 amide bonds. The van der Waals surface area contributed by atoms with Gasteiger partial charge in [0.25, 0.3) is 0 Å². The molecule has 0 spiro atoms. The van der Waals surface area contributed by atoms with Gasteiger partial charge in [0.15, 0.2) is 0 Å². The number of rotatable bonds is 38. The molecule has 0 radical (unpaired) electrons. The van der Waals surface area contributed by atoms with E-state index in [9.17, 15) is 9.90 Å². The standard InChI is InChI=1S/C43H84N2O2/c1-3-5-7-9-11-13-15-17-19-20-21-22-23-24-25-27-29-31-33-35-37-39-43(47)45-41(40-44)42(46)38-36-34-32-30-28-26-18-16-14-12-10-8-6-4-2/h17,19,36,38,41-42,46H,3-16,18,20-35,37,39-40,44H2,1-2H3,(H,45,47)/b19-17-,38-36+/t41-,42+/m1/s1. The second kappa shape index (κ2) is 39.3. The number of nitrogens with one attached hydrogen (secondary N) is 1. The van der Waals surface area contributed by atoms with Gasteiger partial charge >= 0.3 is 0 Å². The SMILES string of the molecule is CCCCCCCC/C=C\CCCCCCCCCCCCCC(=O)N[C@H](CN)[C@@H](O)/C=C/CCCCCCCCCCCCCC. The molecule has 47 heavy (non-hydrogen) atoms. The third-order valence-electron chi connectivity index (χ3n) is 9.74. The van der Waals surface area contributed by atoms with Crippen molar-refractivity contribution in [2.24, 2.45) is 5.73 Å². The predicted molar refractivity (Wildman–Crippen MR) is 209 cm³/mol. The van der Waals surface area contributed by atoms with Crippen LogP contribution in [0.5, 0.6) is 0 Å². The molecule has 0 unspecified atom stereocenters. The summed E-state index contributed by atoms with van der Waals surface area (Å²) in [6.45, 7) is 4.81. The monoisotopic (exact) mass is 661 g/mol. The van der Waals surface area contributed by atoms with Crippen LogP contribution in [0.4, 0.5) is 0 Å². The number of unbranched alkanes of at least 4 members (excludes halogenated alkanes) is 29. The van der Waals surface area contributed by atoms with Gasteiger partial charge < -0.3 is 16.2 Å². The van der Waals surface area contributed by atoms with Gasteiger partial charge in [0.05, 0.1) is 12.1 Å². The lowest BCUT2D eigenvalue weighted by Crippen LogP contribution is -2.47. The molecule has 0 aromatic rings. The van der Waals surface area contributed by atoms with E-state index in [2.05, 4.69) is 37.4 Å². The fourth-order valence-corrected chi connectivity index (χ4v) is 6.45. The molecule has 0 saturated carbocycles. The molecule has 0 fully saturated rings. The van der Waals surface area contributed by atoms with Crippen molar-refractivity contribution in [2.45, 2.75) is 238 Å². The summed E-state index contributed by atoms with van der Waals surface area (Å²) in [7, 11) is 0. The molecule has 0 aromatic heterocycles. The summed E-state index contributed by atoms with van der Waals surface area (Å²) in [5, 5.41) is 13.5. The maximum absolute atomic E-state index is 12.4. The van der Waals surface area contributed by atoms with Crippen LogP contribution < -0.4 is 11.1 Å². The number of carbonyl (C=O) groups is 1. The molecule has 4 heteroatoms. The maximum Gasteiger partial charge on any atom is 0.220 e. The zero-order valence-electron chi connectivity index (χ0n) is 31.9. The quantitative estimate of drug-likeness (QED) is 0.0455. The minimum Gasteiger partial charge on any atom is -0.387 e. The van der Waals surface area contributed by atoms with Gasteiger partial charge in [-0.1, -0.05) is 199 Å². The van der Waals surface area contributed by atoms with Crippen LogP contribution >= 0.6 is 0 Å². The Hall–Kier alpha value is -1.13. The smallest absolute Gasteiger partial charge is 0.220 e. The van der Waals surface area contributed by atoms with E-state index >= 15 is 0 Å². The Kier molecular flexibility index (Phi) is 38.4. The number of aliphatic hydroxyl groups excluding tert-OH is 1. The van der Waals surface area contributed by atoms with Crippen molar-refractivity contribution in [3.05, 3.63) is 24.3 Å². The summed E-state index contributed by atoms with van der Waals surface area (Å²) in [6, 6.07) is -0.396. The molecular formula is C43H84N2O2. The zero-order chi connectivity index (χ0) is 34.3. The fourth-order valence-electron chi connectivity index (χ4n) is 6.45. The number of hydrogen-bond donors (Lipinski definition) is 3. The Labute approximate surface area is 295 Å². The molecule has 0 aliphatic carbocycles. The van der Waals surface area contributed by atoms with E-state index in [4.69, 9.17) is 5.73 Å². The topological polar surface area (TPSA) is 75.4 Å². The number of amides is 1. The Morgan fingerprint density at radius 1 is 0.511 bits per heavy atom. The van der Waals surface area contributed by atoms with Crippen LogP contribution in [-0.2, 0) is 4.79 Å². The van der Waals surface area contributed by atoms with Crippen molar-refractivity contribution in [3.63, 3.8) is 0 Å². The minimum absolute atomic E-state index is 0.0159. The summed E-state index contributed by atoms with van der Waals surface area (Å²) in [5.41, 5.74) is 5.87. The van der Waals surface area contributed by atoms with E-state index in [1.165, 1.54) is 180 Å². The third-order valence-corrected chi connectivity index (χ3v) is 9.74. The predicted octanol–water partition coefficient (Wildman–Crippen LogP) is 12.8. The Balaban J connectivity index is 3.55. The lowest BCUT2D eigenvalue weighted by Gasteiger charge is -2.20. The summed E-state index contributed by atoms with van der Waals surface area (Å²) < 4.78 is 0. The van der Waals surface area contributed by atoms with Crippen LogP contribution in [0, 0.1) is 0 Å². The molecule has 2 atom stereocenters. The van der Waals surface area contributed by atoms with Gasteiger partial charge in [-0.3, -0.25) is 4.79 Å². The molecule has 0 aliphatic heterocycles. The van der Waals surface area contributed by atoms with Crippen molar-refractivity contribution < 1.29 is 9.90 Å². The first-order valence-electron chi connectivity index (χ1n) is 21.1. The van der Waals surface area contributed by atoms with Crippen molar-refractivity contribution in [3.8, 4) is 0 Å². The van der Waals surface area contributed by atoms with Crippen LogP contribution in [0.25, 0.3) is 0 Å². The first kappa shape index (κ1) is 45.9. The highest BCUT2D eigenvalue weighted by molar-refractivity contribution is 5.76. The maximum atomic E-state index is 12.4. The highest BCUT2D eigenvalue weighted by Gasteiger charge is 2.17. The molecule has 0 rings (SSSR count). The first-order chi connectivity index (χ1) is 23.2. The van der Waals surface area contributed by atoms with E-state index < -0.39 is 12.1 Å². The molecule has 0 aliphatic rings. The zero-order valence-corrected chi connectivity index (χ0v) is 31.9. The highest BCUT2D eigenvalue weighted by atomic mass is 16.3. The number of hydrogen-bond acceptors (Lipinski definition) is 3. The van der Waals surface area contributed by atoms with Crippen molar-refractivity contribution in [2.75, 3.05) is 6.54 Å². The second-order valence-electron chi connectivity index (χ2n) is 14.5. The fraction of sp³-hybridized carbons (Fsp3) is 0.884. The number of allylic oxidation sites excluding steroid dienone is 3. The summed E-state index contributed by atoms with van der Waals surface area (Å²) in [5.74, 6) is 0.0159. The second-order valence-corrected chi connectivity index (χ2v) is 14.5. The Morgan fingerprint density at radius 2 is 0.830 bits per heavy atom. The summed E-state index contributed by atoms with van der Waals surface area (Å²) >= 11 is 0. The number of aliphatic hydroxyl groups is 1. The average molecular weight is 661 g/mol. The molecular weight excluding hydrogens is 576 g/mol. The van der Waals surface area contributed by atoms with Crippen LogP contribution in [0.1, 0.15) is 226 Å². The van der Waals surface area contributed by atoms with Gasteiger partial charge in [-0.2, -0.15) is 0 Å². The normalized spacial score (nSPS) is 13.2. The summed E-state index contributed by atoms with van der Waals surface area (Å²) in [4.78, 5) is 12.4. The molecule has 4 N–H and O–H groups in total. The van der Waals surface area contributed by atoms with Gasteiger partial charge in [-0.05, 0) is 44.9 Å². The van der Waals surface area contributed by atoms with Gasteiger partial charge in [-0.25, -0.2) is 0 Å². The van der Waals surface area contributed by atoms with Crippen molar-refractivity contribution in [1.82, 2.24) is 5.32 Å². The van der Waals surface area contributed by atoms with E-state index in [1.807, 2.05) is 6.08 Å². The van der Waals surface area contributed by atoms with Crippen molar-refractivity contribution >= 4 is 5.91 Å². The molecule has 0 saturated heterocycles.